The van der Waals surface area contributed by atoms with Gasteiger partial charge in [0.15, 0.2) is 0 Å². The molecule has 0 amide bonds. The van der Waals surface area contributed by atoms with Crippen molar-refractivity contribution < 1.29 is 5.11 Å². The van der Waals surface area contributed by atoms with E-state index in [1.165, 1.54) is 0 Å². The Kier molecular flexibility index (Phi) is 4.61. The van der Waals surface area contributed by atoms with Crippen molar-refractivity contribution in [2.45, 2.75) is 12.6 Å². The number of hydrogen-bond donors (Lipinski definition) is 3. The van der Waals surface area contributed by atoms with Crippen molar-refractivity contribution >= 4 is 0 Å². The maximum atomic E-state index is 8.84. The summed E-state index contributed by atoms with van der Waals surface area (Å²) in [5, 5.41) is 8.84. The van der Waals surface area contributed by atoms with Crippen LogP contribution in [0, 0.1) is 0 Å². The minimum Gasteiger partial charge on any atom is -0.377 e. The highest BCUT2D eigenvalue weighted by Crippen LogP contribution is 1.85. The largest absolute Gasteiger partial charge is 0.377 e. The van der Waals surface area contributed by atoms with Gasteiger partial charge in [0, 0.05) is 13.0 Å². The maximum absolute atomic E-state index is 8.84. The highest BCUT2D eigenvalue weighted by Gasteiger charge is 1.98. The van der Waals surface area contributed by atoms with Crippen LogP contribution in [0.1, 0.15) is 6.42 Å². The summed E-state index contributed by atoms with van der Waals surface area (Å²) in [4.78, 5) is 1.99. The fourth-order valence-electron chi connectivity index (χ4n) is 0.464. The number of rotatable bonds is 4. The Morgan fingerprint density at radius 2 is 2.22 bits per heavy atom. The lowest BCUT2D eigenvalue weighted by atomic mass is 10.4. The molecule has 4 heteroatoms. The van der Waals surface area contributed by atoms with Crippen LogP contribution >= 0.6 is 0 Å². The van der Waals surface area contributed by atoms with Crippen LogP contribution in [0.4, 0.5) is 0 Å². The minimum atomic E-state index is -0.576. The zero-order valence-electron chi connectivity index (χ0n) is 5.96. The fourth-order valence-corrected chi connectivity index (χ4v) is 0.464. The van der Waals surface area contributed by atoms with Gasteiger partial charge in [-0.05, 0) is 14.1 Å². The summed E-state index contributed by atoms with van der Waals surface area (Å²) in [6.45, 7) is 0.839. The van der Waals surface area contributed by atoms with Gasteiger partial charge in [0.1, 0.15) is 6.23 Å². The molecule has 0 saturated heterocycles. The summed E-state index contributed by atoms with van der Waals surface area (Å²) in [5.41, 5.74) is 2.25. The highest BCUT2D eigenvalue weighted by atomic mass is 16.3. The molecule has 0 fully saturated rings. The van der Waals surface area contributed by atoms with Gasteiger partial charge < -0.3 is 10.0 Å². The van der Waals surface area contributed by atoms with Crippen molar-refractivity contribution in [2.75, 3.05) is 20.6 Å². The van der Waals surface area contributed by atoms with E-state index in [0.29, 0.717) is 6.42 Å². The Hall–Kier alpha value is -0.160. The van der Waals surface area contributed by atoms with E-state index in [9.17, 15) is 0 Å². The monoisotopic (exact) mass is 133 g/mol. The molecule has 1 unspecified atom stereocenters. The Balaban J connectivity index is 3.06. The zero-order valence-corrected chi connectivity index (χ0v) is 5.96. The molecule has 0 spiro atoms. The van der Waals surface area contributed by atoms with Crippen molar-refractivity contribution in [3.8, 4) is 0 Å². The predicted molar refractivity (Wildman–Crippen MR) is 36.5 cm³/mol. The van der Waals surface area contributed by atoms with Crippen LogP contribution in [0.5, 0.6) is 0 Å². The molecule has 0 aromatic rings. The molecular weight excluding hydrogens is 118 g/mol. The summed E-state index contributed by atoms with van der Waals surface area (Å²) >= 11 is 0. The number of nitrogens with zero attached hydrogens (tertiary/aromatic N) is 1. The van der Waals surface area contributed by atoms with Gasteiger partial charge in [0.25, 0.3) is 0 Å². The van der Waals surface area contributed by atoms with Crippen LogP contribution in [0.3, 0.4) is 0 Å². The third-order valence-electron chi connectivity index (χ3n) is 1.04. The Labute approximate surface area is 55.6 Å². The minimum absolute atomic E-state index is 0.576. The van der Waals surface area contributed by atoms with Gasteiger partial charge >= 0.3 is 0 Å². The van der Waals surface area contributed by atoms with E-state index in [1.54, 1.807) is 0 Å². The van der Waals surface area contributed by atoms with Crippen LogP contribution in [-0.2, 0) is 0 Å². The number of hydrazine groups is 1. The number of nitrogens with one attached hydrogen (secondary N) is 1. The summed E-state index contributed by atoms with van der Waals surface area (Å²) in [6, 6.07) is 0. The molecule has 0 aliphatic carbocycles. The molecule has 1 atom stereocenters. The molecule has 56 valence electrons. The second-order valence-corrected chi connectivity index (χ2v) is 2.27. The van der Waals surface area contributed by atoms with E-state index < -0.39 is 6.23 Å². The van der Waals surface area contributed by atoms with Crippen LogP contribution in [0.2, 0.25) is 0 Å². The lowest BCUT2D eigenvalue weighted by molar-refractivity contribution is 0.118. The topological polar surface area (TPSA) is 61.5 Å². The second-order valence-electron chi connectivity index (χ2n) is 2.27. The van der Waals surface area contributed by atoms with Gasteiger partial charge in [-0.1, -0.05) is 0 Å². The van der Waals surface area contributed by atoms with Gasteiger partial charge in [-0.15, -0.1) is 0 Å². The highest BCUT2D eigenvalue weighted by molar-refractivity contribution is 4.49. The molecule has 0 aromatic heterocycles. The molecule has 0 bridgehead atoms. The Morgan fingerprint density at radius 1 is 1.67 bits per heavy atom. The molecule has 0 radical (unpaired) electrons. The third-order valence-corrected chi connectivity index (χ3v) is 1.04. The van der Waals surface area contributed by atoms with E-state index in [0.717, 1.165) is 6.54 Å². The average molecular weight is 133 g/mol. The third kappa shape index (κ3) is 5.72. The van der Waals surface area contributed by atoms with Gasteiger partial charge in [-0.2, -0.15) is 0 Å². The molecule has 0 saturated carbocycles. The molecule has 0 aromatic carbocycles. The van der Waals surface area contributed by atoms with Gasteiger partial charge in [0.2, 0.25) is 0 Å². The fraction of sp³-hybridized carbons (Fsp3) is 1.00. The normalized spacial score (nSPS) is 14.3. The van der Waals surface area contributed by atoms with Gasteiger partial charge in [0.05, 0.1) is 0 Å². The SMILES string of the molecule is CN(C)CCC(O)NN. The summed E-state index contributed by atoms with van der Waals surface area (Å²) in [6.07, 6.45) is 0.0798. The first-order valence-corrected chi connectivity index (χ1v) is 2.95. The first-order valence-electron chi connectivity index (χ1n) is 2.95. The van der Waals surface area contributed by atoms with Crippen LogP contribution < -0.4 is 11.3 Å². The molecule has 0 heterocycles. The molecule has 4 N–H and O–H groups in total. The molecule has 0 aliphatic heterocycles. The first kappa shape index (κ1) is 8.84. The summed E-state index contributed by atoms with van der Waals surface area (Å²) in [5.74, 6) is 4.94. The van der Waals surface area contributed by atoms with Crippen molar-refractivity contribution in [1.82, 2.24) is 10.3 Å². The molecular formula is C5H15N3O. The van der Waals surface area contributed by atoms with Crippen molar-refractivity contribution in [1.29, 1.82) is 0 Å². The maximum Gasteiger partial charge on any atom is 0.118 e. The number of hydrogen-bond acceptors (Lipinski definition) is 4. The van der Waals surface area contributed by atoms with Gasteiger partial charge in [-0.3, -0.25) is 5.84 Å². The predicted octanol–water partition coefficient (Wildman–Crippen LogP) is -1.28. The van der Waals surface area contributed by atoms with E-state index in [2.05, 4.69) is 5.43 Å². The second kappa shape index (κ2) is 4.69. The van der Waals surface area contributed by atoms with E-state index >= 15 is 0 Å². The quantitative estimate of drug-likeness (QED) is 0.254. The average Bonchev–Trinajstić information content (AvgIpc) is 1.83. The van der Waals surface area contributed by atoms with Crippen LogP contribution in [0.25, 0.3) is 0 Å². The lowest BCUT2D eigenvalue weighted by Gasteiger charge is -2.12. The Bertz CT molecular complexity index is 67.2. The number of nitrogens with two attached hydrogens (primary N) is 1. The van der Waals surface area contributed by atoms with E-state index in [4.69, 9.17) is 10.9 Å². The summed E-state index contributed by atoms with van der Waals surface area (Å²) < 4.78 is 0. The standard InChI is InChI=1S/C5H15N3O/c1-8(2)4-3-5(9)7-6/h5,7,9H,3-4,6H2,1-2H3. The molecule has 0 rings (SSSR count). The molecule has 9 heavy (non-hydrogen) atoms. The molecule has 4 nitrogen and oxygen atoms in total. The number of aliphatic hydroxyl groups is 1. The van der Waals surface area contributed by atoms with E-state index in [1.807, 2.05) is 19.0 Å². The van der Waals surface area contributed by atoms with Crippen LogP contribution in [-0.4, -0.2) is 36.9 Å². The van der Waals surface area contributed by atoms with E-state index in [-0.39, 0.29) is 0 Å². The zero-order chi connectivity index (χ0) is 7.28. The first-order chi connectivity index (χ1) is 4.16. The van der Waals surface area contributed by atoms with Gasteiger partial charge in [-0.25, -0.2) is 5.43 Å². The number of aliphatic hydroxyl groups excluding tert-OH is 1. The smallest absolute Gasteiger partial charge is 0.118 e. The van der Waals surface area contributed by atoms with Crippen molar-refractivity contribution in [3.05, 3.63) is 0 Å². The lowest BCUT2D eigenvalue weighted by Crippen LogP contribution is -2.36. The van der Waals surface area contributed by atoms with Crippen molar-refractivity contribution in [3.63, 3.8) is 0 Å². The Morgan fingerprint density at radius 3 is 2.56 bits per heavy atom. The molecule has 0 aliphatic rings. The summed E-state index contributed by atoms with van der Waals surface area (Å²) in [7, 11) is 3.90. The van der Waals surface area contributed by atoms with Crippen LogP contribution in [0.15, 0.2) is 0 Å². The van der Waals surface area contributed by atoms with Crippen molar-refractivity contribution in [2.24, 2.45) is 5.84 Å².